The lowest BCUT2D eigenvalue weighted by atomic mass is 10.00. The second kappa shape index (κ2) is 9.58. The van der Waals surface area contributed by atoms with E-state index in [0.29, 0.717) is 18.6 Å². The summed E-state index contributed by atoms with van der Waals surface area (Å²) in [5.41, 5.74) is 3.77. The van der Waals surface area contributed by atoms with E-state index in [1.807, 2.05) is 18.2 Å². The molecule has 0 unspecified atom stereocenters. The van der Waals surface area contributed by atoms with Gasteiger partial charge in [-0.25, -0.2) is 0 Å². The summed E-state index contributed by atoms with van der Waals surface area (Å²) in [6.07, 6.45) is 5.67. The van der Waals surface area contributed by atoms with Gasteiger partial charge in [0.25, 0.3) is 0 Å². The summed E-state index contributed by atoms with van der Waals surface area (Å²) in [7, 11) is 0. The van der Waals surface area contributed by atoms with E-state index in [9.17, 15) is 4.79 Å². The predicted octanol–water partition coefficient (Wildman–Crippen LogP) is 5.50. The predicted molar refractivity (Wildman–Crippen MR) is 96.4 cm³/mol. The number of rotatable bonds is 9. The molecule has 0 amide bonds. The van der Waals surface area contributed by atoms with Gasteiger partial charge < -0.3 is 0 Å². The van der Waals surface area contributed by atoms with Gasteiger partial charge in [-0.3, -0.25) is 4.79 Å². The molecule has 0 aliphatic heterocycles. The Morgan fingerprint density at radius 1 is 0.818 bits per heavy atom. The zero-order valence-electron chi connectivity index (χ0n) is 12.9. The molecule has 2 aromatic carbocycles. The van der Waals surface area contributed by atoms with Crippen LogP contribution in [0.1, 0.15) is 42.4 Å². The van der Waals surface area contributed by atoms with Crippen molar-refractivity contribution >= 4 is 21.7 Å². The summed E-state index contributed by atoms with van der Waals surface area (Å²) in [6, 6.07) is 18.7. The molecule has 0 saturated carbocycles. The minimum atomic E-state index is 0.355. The van der Waals surface area contributed by atoms with E-state index in [1.165, 1.54) is 11.1 Å². The van der Waals surface area contributed by atoms with E-state index in [1.54, 1.807) is 0 Å². The lowest BCUT2D eigenvalue weighted by Gasteiger charge is -2.06. The maximum Gasteiger partial charge on any atom is 0.137 e. The fraction of sp³-hybridized carbons (Fsp3) is 0.350. The fourth-order valence-corrected chi connectivity index (χ4v) is 3.18. The Morgan fingerprint density at radius 3 is 2.23 bits per heavy atom. The molecule has 0 bridgehead atoms. The Labute approximate surface area is 141 Å². The number of Topliss-reactive ketones (excluding diaryl/α,β-unsaturated/α-hetero) is 1. The van der Waals surface area contributed by atoms with Gasteiger partial charge in [0.1, 0.15) is 5.78 Å². The van der Waals surface area contributed by atoms with Crippen LogP contribution >= 0.6 is 15.9 Å². The molecular formula is C20H23BrO. The van der Waals surface area contributed by atoms with Gasteiger partial charge in [0.15, 0.2) is 0 Å². The number of alkyl halides is 1. The van der Waals surface area contributed by atoms with Crippen LogP contribution in [0.4, 0.5) is 0 Å². The number of aryl methyl sites for hydroxylation is 1. The number of unbranched alkanes of at least 4 members (excludes halogenated alkanes) is 2. The maximum atomic E-state index is 12.1. The maximum absolute atomic E-state index is 12.1. The smallest absolute Gasteiger partial charge is 0.137 e. The molecule has 116 valence electrons. The van der Waals surface area contributed by atoms with Crippen LogP contribution in [-0.2, 0) is 23.0 Å². The molecule has 2 rings (SSSR count). The first kappa shape index (κ1) is 17.0. The van der Waals surface area contributed by atoms with Crippen LogP contribution < -0.4 is 0 Å². The van der Waals surface area contributed by atoms with Crippen LogP contribution in [0.3, 0.4) is 0 Å². The van der Waals surface area contributed by atoms with E-state index >= 15 is 0 Å². The number of carbonyl (C=O) groups is 1. The summed E-state index contributed by atoms with van der Waals surface area (Å²) in [5.74, 6) is 0.355. The Morgan fingerprint density at radius 2 is 1.50 bits per heavy atom. The first-order valence-electron chi connectivity index (χ1n) is 7.98. The van der Waals surface area contributed by atoms with Gasteiger partial charge >= 0.3 is 0 Å². The highest BCUT2D eigenvalue weighted by Gasteiger charge is 2.07. The van der Waals surface area contributed by atoms with Crippen molar-refractivity contribution in [1.29, 1.82) is 0 Å². The van der Waals surface area contributed by atoms with Crippen LogP contribution in [0, 0.1) is 0 Å². The number of hydrogen-bond donors (Lipinski definition) is 0. The topological polar surface area (TPSA) is 17.1 Å². The van der Waals surface area contributed by atoms with Crippen molar-refractivity contribution in [2.24, 2.45) is 0 Å². The number of hydrogen-bond acceptors (Lipinski definition) is 1. The van der Waals surface area contributed by atoms with Gasteiger partial charge in [-0.15, -0.1) is 0 Å². The van der Waals surface area contributed by atoms with Gasteiger partial charge in [0, 0.05) is 18.2 Å². The number of benzene rings is 2. The third-order valence-electron chi connectivity index (χ3n) is 3.91. The van der Waals surface area contributed by atoms with E-state index in [4.69, 9.17) is 0 Å². The van der Waals surface area contributed by atoms with Gasteiger partial charge in [-0.1, -0.05) is 76.9 Å². The molecule has 0 saturated heterocycles. The molecule has 1 nitrogen and oxygen atoms in total. The summed E-state index contributed by atoms with van der Waals surface area (Å²) in [5, 5.41) is 0.813. The van der Waals surface area contributed by atoms with Crippen molar-refractivity contribution in [3.8, 4) is 0 Å². The van der Waals surface area contributed by atoms with Gasteiger partial charge in [-0.05, 0) is 36.0 Å². The zero-order valence-corrected chi connectivity index (χ0v) is 14.5. The average molecular weight is 359 g/mol. The molecule has 22 heavy (non-hydrogen) atoms. The molecule has 2 heteroatoms. The second-order valence-electron chi connectivity index (χ2n) is 5.66. The molecule has 0 aliphatic carbocycles. The van der Waals surface area contributed by atoms with Crippen molar-refractivity contribution in [3.63, 3.8) is 0 Å². The van der Waals surface area contributed by atoms with E-state index in [0.717, 1.165) is 36.6 Å². The van der Waals surface area contributed by atoms with Crippen LogP contribution in [0.25, 0.3) is 0 Å². The van der Waals surface area contributed by atoms with Crippen molar-refractivity contribution in [3.05, 3.63) is 71.3 Å². The van der Waals surface area contributed by atoms with E-state index in [-0.39, 0.29) is 0 Å². The molecule has 0 fully saturated rings. The number of carbonyl (C=O) groups excluding carboxylic acids is 1. The monoisotopic (exact) mass is 358 g/mol. The number of halogens is 1. The van der Waals surface area contributed by atoms with Crippen LogP contribution in [0.15, 0.2) is 54.6 Å². The van der Waals surface area contributed by atoms with Crippen LogP contribution in [-0.4, -0.2) is 5.78 Å². The van der Waals surface area contributed by atoms with Gasteiger partial charge in [0.05, 0.1) is 0 Å². The third kappa shape index (κ3) is 5.76. The lowest BCUT2D eigenvalue weighted by Crippen LogP contribution is -2.04. The Balaban J connectivity index is 1.65. The summed E-state index contributed by atoms with van der Waals surface area (Å²) in [4.78, 5) is 12.1. The molecule has 0 aliphatic rings. The minimum absolute atomic E-state index is 0.355. The SMILES string of the molecule is O=C(CCCCCc1ccccc1)Cc1ccccc1CBr. The second-order valence-corrected chi connectivity index (χ2v) is 6.22. The third-order valence-corrected chi connectivity index (χ3v) is 4.52. The highest BCUT2D eigenvalue weighted by molar-refractivity contribution is 9.08. The Bertz CT molecular complexity index is 577. The van der Waals surface area contributed by atoms with E-state index < -0.39 is 0 Å². The molecule has 0 spiro atoms. The van der Waals surface area contributed by atoms with Crippen molar-refractivity contribution < 1.29 is 4.79 Å². The molecule has 2 aromatic rings. The van der Waals surface area contributed by atoms with Crippen LogP contribution in [0.5, 0.6) is 0 Å². The minimum Gasteiger partial charge on any atom is -0.299 e. The lowest BCUT2D eigenvalue weighted by molar-refractivity contribution is -0.118. The van der Waals surface area contributed by atoms with Crippen LogP contribution in [0.2, 0.25) is 0 Å². The molecular weight excluding hydrogens is 336 g/mol. The highest BCUT2D eigenvalue weighted by Crippen LogP contribution is 2.15. The summed E-state index contributed by atoms with van der Waals surface area (Å²) in [6.45, 7) is 0. The molecule has 0 aromatic heterocycles. The largest absolute Gasteiger partial charge is 0.299 e. The quantitative estimate of drug-likeness (QED) is 0.427. The molecule has 0 atom stereocenters. The molecule has 0 N–H and O–H groups in total. The molecule has 0 radical (unpaired) electrons. The number of ketones is 1. The fourth-order valence-electron chi connectivity index (χ4n) is 2.63. The Kier molecular flexibility index (Phi) is 7.38. The zero-order chi connectivity index (χ0) is 15.6. The first-order chi connectivity index (χ1) is 10.8. The normalized spacial score (nSPS) is 10.6. The average Bonchev–Trinajstić information content (AvgIpc) is 2.56. The Hall–Kier alpha value is -1.41. The van der Waals surface area contributed by atoms with Crippen molar-refractivity contribution in [1.82, 2.24) is 0 Å². The van der Waals surface area contributed by atoms with Crippen molar-refractivity contribution in [2.45, 2.75) is 43.9 Å². The summed E-state index contributed by atoms with van der Waals surface area (Å²) >= 11 is 3.48. The van der Waals surface area contributed by atoms with Gasteiger partial charge in [-0.2, -0.15) is 0 Å². The first-order valence-corrected chi connectivity index (χ1v) is 9.10. The summed E-state index contributed by atoms with van der Waals surface area (Å²) < 4.78 is 0. The molecule has 0 heterocycles. The van der Waals surface area contributed by atoms with Crippen molar-refractivity contribution in [2.75, 3.05) is 0 Å². The highest BCUT2D eigenvalue weighted by atomic mass is 79.9. The standard InChI is InChI=1S/C20H23BrO/c21-16-19-13-8-7-12-18(19)15-20(22)14-6-2-5-11-17-9-3-1-4-10-17/h1,3-4,7-10,12-13H,2,5-6,11,14-16H2. The van der Waals surface area contributed by atoms with E-state index in [2.05, 4.69) is 52.3 Å². The van der Waals surface area contributed by atoms with Gasteiger partial charge in [0.2, 0.25) is 0 Å².